The molecule has 1 rings (SSSR count). The third kappa shape index (κ3) is 5.72. The number of Topliss-reactive ketones (excluding diaryl/α,β-unsaturated/α-hetero) is 1. The van der Waals surface area contributed by atoms with Crippen molar-refractivity contribution in [2.45, 2.75) is 64.9 Å². The van der Waals surface area contributed by atoms with Gasteiger partial charge in [0.05, 0.1) is 0 Å². The molecule has 0 bridgehead atoms. The monoisotopic (exact) mass is 270 g/mol. The van der Waals surface area contributed by atoms with Crippen molar-refractivity contribution in [3.8, 4) is 0 Å². The van der Waals surface area contributed by atoms with Crippen molar-refractivity contribution < 1.29 is 19.4 Å². The highest BCUT2D eigenvalue weighted by Gasteiger charge is 2.36. The number of hydrogen-bond acceptors (Lipinski definition) is 4. The van der Waals surface area contributed by atoms with E-state index in [1.54, 1.807) is 0 Å². The number of aliphatic hydroxyl groups is 1. The number of rotatable bonds is 6. The maximum Gasteiger partial charge on any atom is 0.306 e. The van der Waals surface area contributed by atoms with E-state index in [1.807, 2.05) is 20.8 Å². The first-order valence-corrected chi connectivity index (χ1v) is 7.19. The fraction of sp³-hybridized carbons (Fsp3) is 0.867. The molecular weight excluding hydrogens is 244 g/mol. The molecule has 19 heavy (non-hydrogen) atoms. The van der Waals surface area contributed by atoms with Crippen LogP contribution in [0.25, 0.3) is 0 Å². The summed E-state index contributed by atoms with van der Waals surface area (Å²) in [4.78, 5) is 23.7. The average Bonchev–Trinajstić information content (AvgIpc) is 2.59. The second kappa shape index (κ2) is 7.04. The zero-order valence-corrected chi connectivity index (χ0v) is 12.3. The van der Waals surface area contributed by atoms with Gasteiger partial charge in [-0.25, -0.2) is 0 Å². The number of esters is 1. The minimum absolute atomic E-state index is 0.0148. The van der Waals surface area contributed by atoms with Crippen LogP contribution in [0.5, 0.6) is 0 Å². The number of carbonyl (C=O) groups is 2. The zero-order chi connectivity index (χ0) is 14.5. The molecule has 0 unspecified atom stereocenters. The molecule has 2 atom stereocenters. The summed E-state index contributed by atoms with van der Waals surface area (Å²) in [5.41, 5.74) is -0.466. The van der Waals surface area contributed by atoms with Crippen LogP contribution in [0.3, 0.4) is 0 Å². The lowest BCUT2D eigenvalue weighted by Gasteiger charge is -2.22. The maximum atomic E-state index is 11.8. The van der Waals surface area contributed by atoms with Crippen LogP contribution in [0, 0.1) is 11.8 Å². The first-order valence-electron chi connectivity index (χ1n) is 7.19. The van der Waals surface area contributed by atoms with Crippen LogP contribution < -0.4 is 0 Å². The van der Waals surface area contributed by atoms with Gasteiger partial charge in [-0.1, -0.05) is 6.42 Å². The lowest BCUT2D eigenvalue weighted by Crippen LogP contribution is -2.26. The minimum Gasteiger partial charge on any atom is -0.460 e. The van der Waals surface area contributed by atoms with Crippen LogP contribution in [-0.2, 0) is 14.3 Å². The second-order valence-corrected chi connectivity index (χ2v) is 6.38. The van der Waals surface area contributed by atoms with Crippen molar-refractivity contribution in [1.82, 2.24) is 0 Å². The second-order valence-electron chi connectivity index (χ2n) is 6.38. The van der Waals surface area contributed by atoms with E-state index in [-0.39, 0.29) is 30.2 Å². The lowest BCUT2D eigenvalue weighted by atomic mass is 9.88. The third-order valence-electron chi connectivity index (χ3n) is 3.52. The molecule has 0 heterocycles. The molecule has 0 aliphatic heterocycles. The molecule has 0 spiro atoms. The van der Waals surface area contributed by atoms with Gasteiger partial charge in [-0.2, -0.15) is 0 Å². The summed E-state index contributed by atoms with van der Waals surface area (Å²) >= 11 is 0. The Labute approximate surface area is 115 Å². The Hall–Kier alpha value is -0.900. The number of aliphatic hydroxyl groups excluding tert-OH is 1. The molecule has 1 fully saturated rings. The summed E-state index contributed by atoms with van der Waals surface area (Å²) in [5.74, 6) is 0.172. The summed E-state index contributed by atoms with van der Waals surface area (Å²) in [6.07, 6.45) is 4.07. The van der Waals surface area contributed by atoms with E-state index in [0.29, 0.717) is 12.8 Å². The number of ketones is 1. The maximum absolute atomic E-state index is 11.8. The van der Waals surface area contributed by atoms with Crippen molar-refractivity contribution >= 4 is 11.8 Å². The van der Waals surface area contributed by atoms with Crippen LogP contribution in [0.15, 0.2) is 0 Å². The first-order chi connectivity index (χ1) is 8.83. The number of carbonyl (C=O) groups excluding carboxylic acids is 2. The molecule has 0 aromatic carbocycles. The minimum atomic E-state index is -0.466. The SMILES string of the molecule is CC(C)(C)OC(=O)C[C@H]1CCC(=O)[C@H]1CCCCO. The van der Waals surface area contributed by atoms with Gasteiger partial charge in [0.25, 0.3) is 0 Å². The van der Waals surface area contributed by atoms with Gasteiger partial charge in [-0.3, -0.25) is 9.59 Å². The van der Waals surface area contributed by atoms with Crippen LogP contribution in [0.1, 0.15) is 59.3 Å². The van der Waals surface area contributed by atoms with E-state index in [2.05, 4.69) is 0 Å². The Morgan fingerprint density at radius 3 is 2.63 bits per heavy atom. The van der Waals surface area contributed by atoms with Crippen molar-refractivity contribution in [2.75, 3.05) is 6.61 Å². The first kappa shape index (κ1) is 16.2. The summed E-state index contributed by atoms with van der Waals surface area (Å²) in [6.45, 7) is 5.72. The number of ether oxygens (including phenoxy) is 1. The van der Waals surface area contributed by atoms with E-state index in [4.69, 9.17) is 9.84 Å². The largest absolute Gasteiger partial charge is 0.460 e. The summed E-state index contributed by atoms with van der Waals surface area (Å²) < 4.78 is 5.32. The van der Waals surface area contributed by atoms with E-state index < -0.39 is 5.60 Å². The fourth-order valence-electron chi connectivity index (χ4n) is 2.69. The quantitative estimate of drug-likeness (QED) is 0.595. The van der Waals surface area contributed by atoms with Gasteiger partial charge in [0.1, 0.15) is 11.4 Å². The third-order valence-corrected chi connectivity index (χ3v) is 3.52. The average molecular weight is 270 g/mol. The van der Waals surface area contributed by atoms with E-state index >= 15 is 0 Å². The van der Waals surface area contributed by atoms with Crippen molar-refractivity contribution in [1.29, 1.82) is 0 Å². The van der Waals surface area contributed by atoms with Gasteiger partial charge in [0.2, 0.25) is 0 Å². The van der Waals surface area contributed by atoms with Crippen LogP contribution in [-0.4, -0.2) is 29.1 Å². The lowest BCUT2D eigenvalue weighted by molar-refractivity contribution is -0.156. The van der Waals surface area contributed by atoms with E-state index in [9.17, 15) is 9.59 Å². The van der Waals surface area contributed by atoms with Crippen LogP contribution >= 0.6 is 0 Å². The Bertz CT molecular complexity index is 317. The molecule has 0 aromatic heterocycles. The Balaban J connectivity index is 2.46. The topological polar surface area (TPSA) is 63.6 Å². The van der Waals surface area contributed by atoms with Gasteiger partial charge in [0, 0.05) is 25.4 Å². The Morgan fingerprint density at radius 2 is 2.05 bits per heavy atom. The summed E-state index contributed by atoms with van der Waals surface area (Å²) in [6, 6.07) is 0. The predicted octanol–water partition coefficient (Wildman–Crippen LogP) is 2.48. The summed E-state index contributed by atoms with van der Waals surface area (Å²) in [7, 11) is 0. The molecule has 0 amide bonds. The van der Waals surface area contributed by atoms with Gasteiger partial charge < -0.3 is 9.84 Å². The van der Waals surface area contributed by atoms with Crippen molar-refractivity contribution in [3.05, 3.63) is 0 Å². The molecule has 4 heteroatoms. The molecule has 1 saturated carbocycles. The molecule has 1 N–H and O–H groups in total. The fourth-order valence-corrected chi connectivity index (χ4v) is 2.69. The van der Waals surface area contributed by atoms with Crippen molar-refractivity contribution in [2.24, 2.45) is 11.8 Å². The van der Waals surface area contributed by atoms with Gasteiger partial charge >= 0.3 is 5.97 Å². The highest BCUT2D eigenvalue weighted by molar-refractivity contribution is 5.84. The van der Waals surface area contributed by atoms with Gasteiger partial charge in [-0.15, -0.1) is 0 Å². The predicted molar refractivity (Wildman–Crippen MR) is 72.6 cm³/mol. The van der Waals surface area contributed by atoms with Crippen LogP contribution in [0.2, 0.25) is 0 Å². The molecule has 110 valence electrons. The highest BCUT2D eigenvalue weighted by Crippen LogP contribution is 2.35. The van der Waals surface area contributed by atoms with Gasteiger partial charge in [0.15, 0.2) is 0 Å². The molecule has 1 aliphatic rings. The molecule has 0 saturated heterocycles. The standard InChI is InChI=1S/C15H26O4/c1-15(2,3)19-14(18)10-11-7-8-13(17)12(11)6-4-5-9-16/h11-12,16H,4-10H2,1-3H3/t11-,12+/m1/s1. The normalized spacial score (nSPS) is 23.7. The van der Waals surface area contributed by atoms with Crippen LogP contribution in [0.4, 0.5) is 0 Å². The van der Waals surface area contributed by atoms with Crippen molar-refractivity contribution in [3.63, 3.8) is 0 Å². The molecule has 0 radical (unpaired) electrons. The molecular formula is C15H26O4. The molecule has 4 nitrogen and oxygen atoms in total. The number of hydrogen-bond donors (Lipinski definition) is 1. The molecule has 1 aliphatic carbocycles. The van der Waals surface area contributed by atoms with Gasteiger partial charge in [-0.05, 0) is 46.0 Å². The summed E-state index contributed by atoms with van der Waals surface area (Å²) in [5, 5.41) is 8.79. The zero-order valence-electron chi connectivity index (χ0n) is 12.3. The Kier molecular flexibility index (Phi) is 5.98. The van der Waals surface area contributed by atoms with E-state index in [0.717, 1.165) is 25.7 Å². The Morgan fingerprint density at radius 1 is 1.37 bits per heavy atom. The molecule has 0 aromatic rings. The van der Waals surface area contributed by atoms with E-state index in [1.165, 1.54) is 0 Å². The number of unbranched alkanes of at least 4 members (excludes halogenated alkanes) is 1. The highest BCUT2D eigenvalue weighted by atomic mass is 16.6. The smallest absolute Gasteiger partial charge is 0.306 e.